The van der Waals surface area contributed by atoms with Crippen molar-refractivity contribution in [2.45, 2.75) is 58.5 Å². The number of fused-ring (bicyclic) bond motifs is 2. The van der Waals surface area contributed by atoms with Crippen molar-refractivity contribution in [1.82, 2.24) is 4.98 Å². The smallest absolute Gasteiger partial charge is 0.342 e. The van der Waals surface area contributed by atoms with Gasteiger partial charge in [0.1, 0.15) is 5.82 Å². The zero-order valence-corrected chi connectivity index (χ0v) is 17.2. The van der Waals surface area contributed by atoms with Gasteiger partial charge in [0.15, 0.2) is 5.60 Å². The molecule has 2 heterocycles. The van der Waals surface area contributed by atoms with Crippen molar-refractivity contribution in [3.8, 4) is 0 Å². The van der Waals surface area contributed by atoms with Crippen LogP contribution in [0.15, 0.2) is 24.3 Å². The predicted octanol–water partition coefficient (Wildman–Crippen LogP) is 4.37. The minimum atomic E-state index is -1.75. The molecule has 29 heavy (non-hydrogen) atoms. The summed E-state index contributed by atoms with van der Waals surface area (Å²) in [4.78, 5) is 17.3. The molecule has 0 bridgehead atoms. The number of benzene rings is 1. The molecule has 0 amide bonds. The Morgan fingerprint density at radius 1 is 1.24 bits per heavy atom. The van der Waals surface area contributed by atoms with E-state index in [4.69, 9.17) is 9.72 Å². The standard InChI is InChI=1S/C24H26FNO3/c1-5-24(28)14(3)11-13(2)22-18(9-10-29-23(24)27)17-8-6-7-16-15(4)19(25)12-20(26-22)21(16)17/h11-12,28H,3,5-10H2,1-2,4H3/b13-11+/t24-/m0/s1. The predicted molar refractivity (Wildman–Crippen MR) is 111 cm³/mol. The normalized spacial score (nSPS) is 24.0. The number of carbonyl (C=O) groups excluding carboxylic acids is 1. The van der Waals surface area contributed by atoms with E-state index in [0.717, 1.165) is 47.0 Å². The quantitative estimate of drug-likeness (QED) is 0.729. The molecule has 2 aliphatic rings. The number of halogens is 1. The summed E-state index contributed by atoms with van der Waals surface area (Å²) in [5, 5.41) is 11.9. The van der Waals surface area contributed by atoms with E-state index in [1.165, 1.54) is 11.6 Å². The molecule has 0 radical (unpaired) electrons. The van der Waals surface area contributed by atoms with E-state index in [1.54, 1.807) is 13.0 Å². The zero-order chi connectivity index (χ0) is 20.9. The topological polar surface area (TPSA) is 59.4 Å². The van der Waals surface area contributed by atoms with Gasteiger partial charge >= 0.3 is 5.97 Å². The van der Waals surface area contributed by atoms with E-state index >= 15 is 0 Å². The third-order valence-electron chi connectivity index (χ3n) is 6.40. The van der Waals surface area contributed by atoms with Gasteiger partial charge in [-0.15, -0.1) is 0 Å². The maximum absolute atomic E-state index is 14.5. The number of cyclic esters (lactones) is 1. The molecule has 1 aliphatic heterocycles. The number of aliphatic hydroxyl groups is 1. The van der Waals surface area contributed by atoms with Crippen LogP contribution in [-0.4, -0.2) is 28.3 Å². The molecular weight excluding hydrogens is 369 g/mol. The highest BCUT2D eigenvalue weighted by molar-refractivity contribution is 5.92. The first-order chi connectivity index (χ1) is 13.8. The molecule has 2 aromatic rings. The zero-order valence-electron chi connectivity index (χ0n) is 17.2. The number of rotatable bonds is 1. The summed E-state index contributed by atoms with van der Waals surface area (Å²) in [6.45, 7) is 9.53. The van der Waals surface area contributed by atoms with Crippen molar-refractivity contribution in [2.75, 3.05) is 6.61 Å². The molecule has 0 saturated carbocycles. The Hall–Kier alpha value is -2.53. The molecule has 152 valence electrons. The van der Waals surface area contributed by atoms with Crippen LogP contribution in [-0.2, 0) is 28.8 Å². The number of ether oxygens (including phenoxy) is 1. The Morgan fingerprint density at radius 3 is 2.69 bits per heavy atom. The number of hydrogen-bond donors (Lipinski definition) is 1. The second-order valence-electron chi connectivity index (χ2n) is 8.08. The first-order valence-corrected chi connectivity index (χ1v) is 10.2. The molecule has 1 aromatic carbocycles. The number of hydrogen-bond acceptors (Lipinski definition) is 4. The first-order valence-electron chi connectivity index (χ1n) is 10.2. The molecule has 0 saturated heterocycles. The van der Waals surface area contributed by atoms with Crippen LogP contribution in [0, 0.1) is 12.7 Å². The van der Waals surface area contributed by atoms with Crippen LogP contribution in [0.25, 0.3) is 16.5 Å². The van der Waals surface area contributed by atoms with Crippen LogP contribution in [0.1, 0.15) is 54.6 Å². The lowest BCUT2D eigenvalue weighted by Crippen LogP contribution is -2.41. The van der Waals surface area contributed by atoms with E-state index < -0.39 is 11.6 Å². The average molecular weight is 395 g/mol. The van der Waals surface area contributed by atoms with Gasteiger partial charge in [-0.1, -0.05) is 19.6 Å². The number of pyridine rings is 1. The molecule has 1 atom stereocenters. The van der Waals surface area contributed by atoms with Gasteiger partial charge in [-0.25, -0.2) is 14.2 Å². The maximum Gasteiger partial charge on any atom is 0.342 e. The number of allylic oxidation sites excluding steroid dienone is 1. The van der Waals surface area contributed by atoms with Crippen LogP contribution >= 0.6 is 0 Å². The van der Waals surface area contributed by atoms with Crippen molar-refractivity contribution in [3.63, 3.8) is 0 Å². The highest BCUT2D eigenvalue weighted by atomic mass is 19.1. The molecule has 0 unspecified atom stereocenters. The number of aryl methyl sites for hydroxylation is 2. The van der Waals surface area contributed by atoms with Gasteiger partial charge in [0.05, 0.1) is 17.8 Å². The van der Waals surface area contributed by atoms with Crippen LogP contribution in [0.5, 0.6) is 0 Å². The molecule has 4 nitrogen and oxygen atoms in total. The summed E-state index contributed by atoms with van der Waals surface area (Å²) in [5.74, 6) is -0.897. The Labute approximate surface area is 170 Å². The van der Waals surface area contributed by atoms with Gasteiger partial charge in [-0.2, -0.15) is 0 Å². The summed E-state index contributed by atoms with van der Waals surface area (Å²) in [6.07, 6.45) is 5.07. The van der Waals surface area contributed by atoms with Gasteiger partial charge in [0.2, 0.25) is 0 Å². The molecule has 1 aromatic heterocycles. The first kappa shape index (κ1) is 19.8. The van der Waals surface area contributed by atoms with E-state index in [2.05, 4.69) is 6.58 Å². The monoisotopic (exact) mass is 395 g/mol. The van der Waals surface area contributed by atoms with E-state index in [1.807, 2.05) is 13.8 Å². The minimum Gasteiger partial charge on any atom is -0.463 e. The van der Waals surface area contributed by atoms with Crippen molar-refractivity contribution in [2.24, 2.45) is 0 Å². The summed E-state index contributed by atoms with van der Waals surface area (Å²) in [5.41, 5.74) is 4.71. The number of carbonyl (C=O) groups is 1. The summed E-state index contributed by atoms with van der Waals surface area (Å²) in [6, 6.07) is 1.52. The van der Waals surface area contributed by atoms with Crippen LogP contribution < -0.4 is 0 Å². The number of aromatic nitrogens is 1. The fraction of sp³-hybridized carbons (Fsp3) is 0.417. The van der Waals surface area contributed by atoms with Crippen molar-refractivity contribution >= 4 is 22.4 Å². The Bertz CT molecular complexity index is 1090. The Morgan fingerprint density at radius 2 is 1.97 bits per heavy atom. The fourth-order valence-corrected chi connectivity index (χ4v) is 4.64. The van der Waals surface area contributed by atoms with Crippen molar-refractivity contribution in [1.29, 1.82) is 0 Å². The SMILES string of the molecule is C=C1/C=C(\C)c2nc3cc(F)c(C)c4c3c(c2CCOC(=O)[C@]1(O)CC)CCC4. The van der Waals surface area contributed by atoms with Crippen LogP contribution in [0.4, 0.5) is 4.39 Å². The van der Waals surface area contributed by atoms with Crippen molar-refractivity contribution < 1.29 is 19.0 Å². The number of nitrogens with zero attached hydrogens (tertiary/aromatic N) is 1. The Balaban J connectivity index is 2.00. The third-order valence-corrected chi connectivity index (χ3v) is 6.40. The van der Waals surface area contributed by atoms with Crippen LogP contribution in [0.3, 0.4) is 0 Å². The van der Waals surface area contributed by atoms with E-state index in [9.17, 15) is 14.3 Å². The second-order valence-corrected chi connectivity index (χ2v) is 8.08. The van der Waals surface area contributed by atoms with Crippen LogP contribution in [0.2, 0.25) is 0 Å². The molecule has 1 N–H and O–H groups in total. The van der Waals surface area contributed by atoms with Gasteiger partial charge in [0.25, 0.3) is 0 Å². The molecule has 0 spiro atoms. The Kier molecular flexibility index (Phi) is 4.82. The third kappa shape index (κ3) is 2.99. The van der Waals surface area contributed by atoms with E-state index in [0.29, 0.717) is 17.5 Å². The van der Waals surface area contributed by atoms with Gasteiger partial charge in [0, 0.05) is 17.9 Å². The van der Waals surface area contributed by atoms with Gasteiger partial charge in [-0.05, 0) is 72.9 Å². The molecule has 1 aliphatic carbocycles. The lowest BCUT2D eigenvalue weighted by Gasteiger charge is -2.28. The minimum absolute atomic E-state index is 0.157. The van der Waals surface area contributed by atoms with Gasteiger partial charge in [-0.3, -0.25) is 0 Å². The summed E-state index contributed by atoms with van der Waals surface area (Å²) < 4.78 is 20.0. The highest BCUT2D eigenvalue weighted by Gasteiger charge is 2.38. The lowest BCUT2D eigenvalue weighted by molar-refractivity contribution is -0.161. The highest BCUT2D eigenvalue weighted by Crippen LogP contribution is 2.38. The summed E-state index contributed by atoms with van der Waals surface area (Å²) in [7, 11) is 0. The average Bonchev–Trinajstić information content (AvgIpc) is 2.71. The van der Waals surface area contributed by atoms with E-state index in [-0.39, 0.29) is 24.4 Å². The number of esters is 1. The maximum atomic E-state index is 14.5. The molecular formula is C24H26FNO3. The van der Waals surface area contributed by atoms with Crippen molar-refractivity contribution in [3.05, 3.63) is 58.1 Å². The van der Waals surface area contributed by atoms with Gasteiger partial charge < -0.3 is 9.84 Å². The summed E-state index contributed by atoms with van der Waals surface area (Å²) >= 11 is 0. The lowest BCUT2D eigenvalue weighted by atomic mass is 9.82. The molecule has 0 fully saturated rings. The molecule has 4 rings (SSSR count). The second kappa shape index (κ2) is 7.06. The largest absolute Gasteiger partial charge is 0.463 e. The molecule has 5 heteroatoms. The fourth-order valence-electron chi connectivity index (χ4n) is 4.64.